The molecular weight excluding hydrogens is 284 g/mol. The van der Waals surface area contributed by atoms with Crippen LogP contribution >= 0.6 is 0 Å². The van der Waals surface area contributed by atoms with E-state index in [1.54, 1.807) is 0 Å². The first-order valence-electron chi connectivity index (χ1n) is 8.27. The van der Waals surface area contributed by atoms with Gasteiger partial charge in [0.15, 0.2) is 0 Å². The number of nitrogens with one attached hydrogen (secondary N) is 1. The normalized spacial score (nSPS) is 11.0. The van der Waals surface area contributed by atoms with E-state index < -0.39 is 0 Å². The van der Waals surface area contributed by atoms with Crippen LogP contribution in [0.4, 0.5) is 0 Å². The lowest BCUT2D eigenvalue weighted by molar-refractivity contribution is 0.301. The Kier molecular flexibility index (Phi) is 7.11. The van der Waals surface area contributed by atoms with Gasteiger partial charge in [-0.3, -0.25) is 0 Å². The molecule has 0 aliphatic heterocycles. The Morgan fingerprint density at radius 3 is 2.39 bits per heavy atom. The van der Waals surface area contributed by atoms with E-state index in [1.807, 2.05) is 6.07 Å². The summed E-state index contributed by atoms with van der Waals surface area (Å²) in [6, 6.07) is 16.6. The van der Waals surface area contributed by atoms with Gasteiger partial charge in [0.05, 0.1) is 0 Å². The molecule has 2 aromatic carbocycles. The zero-order valence-electron chi connectivity index (χ0n) is 14.5. The lowest BCUT2D eigenvalue weighted by Crippen LogP contribution is -2.21. The molecule has 23 heavy (non-hydrogen) atoms. The van der Waals surface area contributed by atoms with Crippen molar-refractivity contribution in [2.24, 2.45) is 0 Å². The van der Waals surface area contributed by atoms with Crippen LogP contribution in [0.2, 0.25) is 0 Å². The molecule has 3 nitrogen and oxygen atoms in total. The molecule has 0 heterocycles. The molecule has 0 aliphatic rings. The molecule has 0 fully saturated rings. The summed E-state index contributed by atoms with van der Waals surface area (Å²) in [7, 11) is 4.21. The molecule has 3 heteroatoms. The van der Waals surface area contributed by atoms with Crippen molar-refractivity contribution in [2.45, 2.75) is 26.5 Å². The molecule has 2 aromatic rings. The second kappa shape index (κ2) is 9.33. The molecule has 0 saturated heterocycles. The Balaban J connectivity index is 1.86. The molecule has 0 saturated carbocycles. The van der Waals surface area contributed by atoms with E-state index in [2.05, 4.69) is 73.7 Å². The molecule has 0 radical (unpaired) electrons. The predicted octanol–water partition coefficient (Wildman–Crippen LogP) is 3.62. The first-order valence-corrected chi connectivity index (χ1v) is 8.27. The number of hydrogen-bond acceptors (Lipinski definition) is 3. The first kappa shape index (κ1) is 17.5. The maximum absolute atomic E-state index is 6.05. The SMILES string of the molecule is Cc1ccccc1COc1ccccc1CNCCCN(C)C. The molecule has 0 atom stereocenters. The summed E-state index contributed by atoms with van der Waals surface area (Å²) >= 11 is 0. The van der Waals surface area contributed by atoms with E-state index >= 15 is 0 Å². The van der Waals surface area contributed by atoms with Gasteiger partial charge in [-0.2, -0.15) is 0 Å². The standard InChI is InChI=1S/C20H28N2O/c1-17-9-4-5-11-19(17)16-23-20-12-7-6-10-18(20)15-21-13-8-14-22(2)3/h4-7,9-12,21H,8,13-16H2,1-3H3. The zero-order chi connectivity index (χ0) is 16.5. The van der Waals surface area contributed by atoms with Gasteiger partial charge < -0.3 is 15.0 Å². The van der Waals surface area contributed by atoms with Crippen molar-refractivity contribution < 1.29 is 4.74 Å². The van der Waals surface area contributed by atoms with Crippen LogP contribution < -0.4 is 10.1 Å². The van der Waals surface area contributed by atoms with Crippen LogP contribution in [-0.2, 0) is 13.2 Å². The monoisotopic (exact) mass is 312 g/mol. The number of rotatable bonds is 9. The zero-order valence-corrected chi connectivity index (χ0v) is 14.5. The van der Waals surface area contributed by atoms with Crippen LogP contribution in [0.3, 0.4) is 0 Å². The van der Waals surface area contributed by atoms with Gasteiger partial charge in [0.25, 0.3) is 0 Å². The number of para-hydroxylation sites is 1. The highest BCUT2D eigenvalue weighted by Crippen LogP contribution is 2.20. The second-order valence-corrected chi connectivity index (χ2v) is 6.16. The fraction of sp³-hybridized carbons (Fsp3) is 0.400. The number of aryl methyl sites for hydroxylation is 1. The number of ether oxygens (including phenoxy) is 1. The lowest BCUT2D eigenvalue weighted by Gasteiger charge is -2.14. The quantitative estimate of drug-likeness (QED) is 0.716. The summed E-state index contributed by atoms with van der Waals surface area (Å²) in [5.74, 6) is 0.968. The van der Waals surface area contributed by atoms with E-state index in [1.165, 1.54) is 16.7 Å². The molecule has 2 rings (SSSR count). The van der Waals surface area contributed by atoms with Gasteiger partial charge in [0.2, 0.25) is 0 Å². The van der Waals surface area contributed by atoms with Crippen LogP contribution in [0.1, 0.15) is 23.1 Å². The Morgan fingerprint density at radius 1 is 0.957 bits per heavy atom. The summed E-state index contributed by atoms with van der Waals surface area (Å²) in [6.07, 6.45) is 1.15. The van der Waals surface area contributed by atoms with Gasteiger partial charge in [-0.05, 0) is 57.7 Å². The minimum Gasteiger partial charge on any atom is -0.489 e. The first-order chi connectivity index (χ1) is 11.2. The molecule has 0 aromatic heterocycles. The van der Waals surface area contributed by atoms with E-state index in [-0.39, 0.29) is 0 Å². The van der Waals surface area contributed by atoms with E-state index in [4.69, 9.17) is 4.74 Å². The van der Waals surface area contributed by atoms with Crippen LogP contribution in [0.25, 0.3) is 0 Å². The summed E-state index contributed by atoms with van der Waals surface area (Å²) in [6.45, 7) is 5.71. The van der Waals surface area contributed by atoms with Gasteiger partial charge in [-0.15, -0.1) is 0 Å². The van der Waals surface area contributed by atoms with Crippen LogP contribution in [-0.4, -0.2) is 32.1 Å². The van der Waals surface area contributed by atoms with Gasteiger partial charge in [0, 0.05) is 12.1 Å². The number of hydrogen-bond donors (Lipinski definition) is 1. The number of benzene rings is 2. The Morgan fingerprint density at radius 2 is 1.65 bits per heavy atom. The summed E-state index contributed by atoms with van der Waals surface area (Å²) < 4.78 is 6.05. The van der Waals surface area contributed by atoms with E-state index in [0.717, 1.165) is 31.8 Å². The van der Waals surface area contributed by atoms with Crippen molar-refractivity contribution in [2.75, 3.05) is 27.2 Å². The van der Waals surface area contributed by atoms with Crippen molar-refractivity contribution in [1.82, 2.24) is 10.2 Å². The molecular formula is C20H28N2O. The minimum atomic E-state index is 0.615. The summed E-state index contributed by atoms with van der Waals surface area (Å²) in [5.41, 5.74) is 3.72. The predicted molar refractivity (Wildman–Crippen MR) is 96.8 cm³/mol. The highest BCUT2D eigenvalue weighted by atomic mass is 16.5. The number of nitrogens with zero attached hydrogens (tertiary/aromatic N) is 1. The van der Waals surface area contributed by atoms with E-state index in [9.17, 15) is 0 Å². The Labute approximate surface area is 140 Å². The van der Waals surface area contributed by atoms with Crippen molar-refractivity contribution in [3.63, 3.8) is 0 Å². The van der Waals surface area contributed by atoms with E-state index in [0.29, 0.717) is 6.61 Å². The summed E-state index contributed by atoms with van der Waals surface area (Å²) in [5, 5.41) is 3.50. The van der Waals surface area contributed by atoms with Crippen LogP contribution in [0, 0.1) is 6.92 Å². The van der Waals surface area contributed by atoms with Crippen molar-refractivity contribution >= 4 is 0 Å². The maximum atomic E-state index is 6.05. The van der Waals surface area contributed by atoms with Gasteiger partial charge in [-0.1, -0.05) is 42.5 Å². The third kappa shape index (κ3) is 6.05. The largest absolute Gasteiger partial charge is 0.489 e. The average Bonchev–Trinajstić information content (AvgIpc) is 2.54. The van der Waals surface area contributed by atoms with Crippen LogP contribution in [0.5, 0.6) is 5.75 Å². The molecule has 0 amide bonds. The molecule has 0 bridgehead atoms. The molecule has 124 valence electrons. The third-order valence-corrected chi connectivity index (χ3v) is 3.89. The maximum Gasteiger partial charge on any atom is 0.124 e. The fourth-order valence-electron chi connectivity index (χ4n) is 2.46. The topological polar surface area (TPSA) is 24.5 Å². The van der Waals surface area contributed by atoms with Gasteiger partial charge in [-0.25, -0.2) is 0 Å². The van der Waals surface area contributed by atoms with Crippen molar-refractivity contribution in [3.05, 3.63) is 65.2 Å². The Bertz CT molecular complexity index is 596. The van der Waals surface area contributed by atoms with Crippen LogP contribution in [0.15, 0.2) is 48.5 Å². The van der Waals surface area contributed by atoms with Gasteiger partial charge in [0.1, 0.15) is 12.4 Å². The fourth-order valence-corrected chi connectivity index (χ4v) is 2.46. The summed E-state index contributed by atoms with van der Waals surface area (Å²) in [4.78, 5) is 2.21. The molecule has 0 unspecified atom stereocenters. The highest BCUT2D eigenvalue weighted by molar-refractivity contribution is 5.34. The lowest BCUT2D eigenvalue weighted by atomic mass is 10.1. The van der Waals surface area contributed by atoms with Crippen molar-refractivity contribution in [1.29, 1.82) is 0 Å². The second-order valence-electron chi connectivity index (χ2n) is 6.16. The highest BCUT2D eigenvalue weighted by Gasteiger charge is 2.04. The van der Waals surface area contributed by atoms with Gasteiger partial charge >= 0.3 is 0 Å². The third-order valence-electron chi connectivity index (χ3n) is 3.89. The smallest absolute Gasteiger partial charge is 0.124 e. The van der Waals surface area contributed by atoms with Crippen molar-refractivity contribution in [3.8, 4) is 5.75 Å². The molecule has 0 aliphatic carbocycles. The molecule has 0 spiro atoms. The Hall–Kier alpha value is -1.84. The minimum absolute atomic E-state index is 0.615. The average molecular weight is 312 g/mol. The molecule has 1 N–H and O–H groups in total.